The van der Waals surface area contributed by atoms with Gasteiger partial charge in [-0.1, -0.05) is 24.3 Å². The van der Waals surface area contributed by atoms with E-state index in [4.69, 9.17) is 0 Å². The molecule has 0 bridgehead atoms. The molecule has 160 valence electrons. The number of hydrogen-bond acceptors (Lipinski definition) is 5. The van der Waals surface area contributed by atoms with E-state index in [0.29, 0.717) is 11.3 Å². The SMILES string of the molecule is C=CCNS(=O)(=O)Cc1ccc(NC(=O)c2ccc(S(=O)(=O)NCC=C)cc2)cc1. The van der Waals surface area contributed by atoms with Gasteiger partial charge in [-0.15, -0.1) is 13.2 Å². The third-order valence-corrected chi connectivity index (χ3v) is 6.62. The molecule has 8 nitrogen and oxygen atoms in total. The number of rotatable bonds is 11. The van der Waals surface area contributed by atoms with Crippen molar-refractivity contribution in [2.24, 2.45) is 0 Å². The predicted octanol–water partition coefficient (Wildman–Crippen LogP) is 2.01. The molecule has 0 heterocycles. The van der Waals surface area contributed by atoms with E-state index in [1.54, 1.807) is 24.3 Å². The summed E-state index contributed by atoms with van der Waals surface area (Å²) in [6.45, 7) is 7.17. The summed E-state index contributed by atoms with van der Waals surface area (Å²) in [5.74, 6) is -0.615. The van der Waals surface area contributed by atoms with Gasteiger partial charge in [0.05, 0.1) is 10.6 Å². The number of anilines is 1. The van der Waals surface area contributed by atoms with Crippen molar-refractivity contribution in [1.82, 2.24) is 9.44 Å². The van der Waals surface area contributed by atoms with Gasteiger partial charge in [0.25, 0.3) is 5.91 Å². The van der Waals surface area contributed by atoms with Crippen LogP contribution in [0, 0.1) is 0 Å². The minimum Gasteiger partial charge on any atom is -0.322 e. The van der Waals surface area contributed by atoms with Crippen LogP contribution in [0.25, 0.3) is 0 Å². The van der Waals surface area contributed by atoms with Gasteiger partial charge in [0.1, 0.15) is 0 Å². The van der Waals surface area contributed by atoms with Gasteiger partial charge in [0.15, 0.2) is 0 Å². The molecule has 30 heavy (non-hydrogen) atoms. The normalized spacial score (nSPS) is 11.6. The van der Waals surface area contributed by atoms with Gasteiger partial charge < -0.3 is 5.32 Å². The average molecular weight is 450 g/mol. The van der Waals surface area contributed by atoms with Crippen LogP contribution in [0.1, 0.15) is 15.9 Å². The lowest BCUT2D eigenvalue weighted by Crippen LogP contribution is -2.25. The third-order valence-electron chi connectivity index (χ3n) is 3.86. The van der Waals surface area contributed by atoms with Crippen molar-refractivity contribution in [2.45, 2.75) is 10.6 Å². The number of benzene rings is 2. The molecule has 2 aromatic rings. The maximum Gasteiger partial charge on any atom is 0.255 e. The van der Waals surface area contributed by atoms with Gasteiger partial charge in [0, 0.05) is 24.3 Å². The molecule has 3 N–H and O–H groups in total. The van der Waals surface area contributed by atoms with E-state index in [1.165, 1.54) is 36.4 Å². The second kappa shape index (κ2) is 10.3. The van der Waals surface area contributed by atoms with E-state index in [-0.39, 0.29) is 29.3 Å². The predicted molar refractivity (Wildman–Crippen MR) is 117 cm³/mol. The summed E-state index contributed by atoms with van der Waals surface area (Å²) in [6, 6.07) is 11.9. The zero-order valence-electron chi connectivity index (χ0n) is 16.2. The summed E-state index contributed by atoms with van der Waals surface area (Å²) in [5.41, 5.74) is 1.31. The van der Waals surface area contributed by atoms with Crippen molar-refractivity contribution >= 4 is 31.6 Å². The van der Waals surface area contributed by atoms with E-state index < -0.39 is 26.0 Å². The average Bonchev–Trinajstić information content (AvgIpc) is 2.72. The van der Waals surface area contributed by atoms with E-state index in [9.17, 15) is 21.6 Å². The first-order chi connectivity index (χ1) is 14.2. The van der Waals surface area contributed by atoms with Crippen molar-refractivity contribution in [3.63, 3.8) is 0 Å². The first-order valence-electron chi connectivity index (χ1n) is 8.86. The highest BCUT2D eigenvalue weighted by Crippen LogP contribution is 2.15. The van der Waals surface area contributed by atoms with Gasteiger partial charge in [-0.2, -0.15) is 0 Å². The summed E-state index contributed by atoms with van der Waals surface area (Å²) in [7, 11) is -7.13. The van der Waals surface area contributed by atoms with Crippen molar-refractivity contribution in [3.05, 3.63) is 85.0 Å². The number of carbonyl (C=O) groups excluding carboxylic acids is 1. The first-order valence-corrected chi connectivity index (χ1v) is 12.0. The standard InChI is InChI=1S/C20H23N3O5S2/c1-3-13-21-29(25,26)15-16-5-9-18(10-6-16)23-20(24)17-7-11-19(12-8-17)30(27,28)22-14-4-2/h3-12,21-22H,1-2,13-15H2,(H,23,24). The van der Waals surface area contributed by atoms with Crippen LogP contribution in [0.5, 0.6) is 0 Å². The second-order valence-electron chi connectivity index (χ2n) is 6.21. The van der Waals surface area contributed by atoms with Gasteiger partial charge >= 0.3 is 0 Å². The summed E-state index contributed by atoms with van der Waals surface area (Å²) in [5, 5.41) is 2.68. The van der Waals surface area contributed by atoms with E-state index in [0.717, 1.165) is 0 Å². The Hall–Kier alpha value is -2.79. The van der Waals surface area contributed by atoms with Gasteiger partial charge in [-0.05, 0) is 42.0 Å². The Kier molecular flexibility index (Phi) is 8.07. The van der Waals surface area contributed by atoms with Gasteiger partial charge in [0.2, 0.25) is 20.0 Å². The molecule has 0 atom stereocenters. The number of carbonyl (C=O) groups is 1. The lowest BCUT2D eigenvalue weighted by Gasteiger charge is -2.09. The topological polar surface area (TPSA) is 121 Å². The molecular formula is C20H23N3O5S2. The maximum absolute atomic E-state index is 12.4. The van der Waals surface area contributed by atoms with Crippen LogP contribution >= 0.6 is 0 Å². The Morgan fingerprint density at radius 3 is 1.97 bits per heavy atom. The highest BCUT2D eigenvalue weighted by Gasteiger charge is 2.14. The van der Waals surface area contributed by atoms with E-state index >= 15 is 0 Å². The van der Waals surface area contributed by atoms with Crippen LogP contribution in [0.2, 0.25) is 0 Å². The summed E-state index contributed by atoms with van der Waals surface area (Å²) >= 11 is 0. The van der Waals surface area contributed by atoms with Crippen LogP contribution in [0.4, 0.5) is 5.69 Å². The van der Waals surface area contributed by atoms with Crippen molar-refractivity contribution in [3.8, 4) is 0 Å². The zero-order chi connectivity index (χ0) is 22.2. The summed E-state index contributed by atoms with van der Waals surface area (Å²) in [6.07, 6.45) is 2.88. The molecule has 0 saturated carbocycles. The lowest BCUT2D eigenvalue weighted by atomic mass is 10.2. The van der Waals surface area contributed by atoms with E-state index in [2.05, 4.69) is 27.9 Å². The number of hydrogen-bond donors (Lipinski definition) is 3. The molecule has 0 saturated heterocycles. The fourth-order valence-corrected chi connectivity index (χ4v) is 4.48. The number of amides is 1. The smallest absolute Gasteiger partial charge is 0.255 e. The second-order valence-corrected chi connectivity index (χ2v) is 9.79. The van der Waals surface area contributed by atoms with Crippen LogP contribution in [0.15, 0.2) is 78.7 Å². The molecule has 0 unspecified atom stereocenters. The molecule has 0 aliphatic carbocycles. The zero-order valence-corrected chi connectivity index (χ0v) is 17.8. The molecular weight excluding hydrogens is 426 g/mol. The monoisotopic (exact) mass is 449 g/mol. The molecule has 2 aromatic carbocycles. The number of sulfonamides is 2. The van der Waals surface area contributed by atoms with Crippen molar-refractivity contribution < 1.29 is 21.6 Å². The molecule has 2 rings (SSSR count). The van der Waals surface area contributed by atoms with Crippen LogP contribution in [-0.2, 0) is 25.8 Å². The lowest BCUT2D eigenvalue weighted by molar-refractivity contribution is 0.102. The summed E-state index contributed by atoms with van der Waals surface area (Å²) < 4.78 is 52.6. The molecule has 0 radical (unpaired) electrons. The Labute approximate surface area is 176 Å². The molecule has 0 aliphatic rings. The Morgan fingerprint density at radius 1 is 0.833 bits per heavy atom. The molecule has 1 amide bonds. The quantitative estimate of drug-likeness (QED) is 0.453. The fourth-order valence-electron chi connectivity index (χ4n) is 2.38. The highest BCUT2D eigenvalue weighted by molar-refractivity contribution is 7.89. The molecule has 0 aromatic heterocycles. The number of nitrogens with one attached hydrogen (secondary N) is 3. The van der Waals surface area contributed by atoms with E-state index in [1.807, 2.05) is 0 Å². The van der Waals surface area contributed by atoms with Crippen molar-refractivity contribution in [2.75, 3.05) is 18.4 Å². The minimum absolute atomic E-state index is 0.0384. The Bertz CT molecular complexity index is 1110. The van der Waals surface area contributed by atoms with Crippen LogP contribution in [-0.4, -0.2) is 35.8 Å². The van der Waals surface area contributed by atoms with Gasteiger partial charge in [-0.25, -0.2) is 26.3 Å². The molecule has 0 spiro atoms. The third kappa shape index (κ3) is 6.92. The summed E-state index contributed by atoms with van der Waals surface area (Å²) in [4.78, 5) is 12.4. The minimum atomic E-state index is -3.66. The molecule has 0 aliphatic heterocycles. The van der Waals surface area contributed by atoms with Gasteiger partial charge in [-0.3, -0.25) is 4.79 Å². The first kappa shape index (κ1) is 23.5. The van der Waals surface area contributed by atoms with Crippen LogP contribution in [0.3, 0.4) is 0 Å². The fraction of sp³-hybridized carbons (Fsp3) is 0.150. The molecule has 0 fully saturated rings. The molecule has 10 heteroatoms. The Balaban J connectivity index is 2.02. The Morgan fingerprint density at radius 2 is 1.40 bits per heavy atom. The van der Waals surface area contributed by atoms with Crippen molar-refractivity contribution in [1.29, 1.82) is 0 Å². The largest absolute Gasteiger partial charge is 0.322 e. The maximum atomic E-state index is 12.4. The highest BCUT2D eigenvalue weighted by atomic mass is 32.2. The van der Waals surface area contributed by atoms with Crippen LogP contribution < -0.4 is 14.8 Å².